The van der Waals surface area contributed by atoms with Crippen LogP contribution in [0.1, 0.15) is 90.4 Å². The van der Waals surface area contributed by atoms with Crippen LogP contribution >= 0.6 is 0 Å². The van der Waals surface area contributed by atoms with E-state index in [0.717, 1.165) is 12.1 Å². The number of likely N-dealkylation sites (tertiary alicyclic amines) is 1. The summed E-state index contributed by atoms with van der Waals surface area (Å²) in [7, 11) is 0. The molecular weight excluding hydrogens is 256 g/mol. The minimum absolute atomic E-state index is 0.805. The molecule has 0 aliphatic carbocycles. The maximum absolute atomic E-state index is 3.74. The fraction of sp³-hybridized carbons (Fsp3) is 1.00. The first-order valence-electron chi connectivity index (χ1n) is 9.89. The predicted molar refractivity (Wildman–Crippen MR) is 92.8 cm³/mol. The molecule has 2 aliphatic heterocycles. The third-order valence-electron chi connectivity index (χ3n) is 5.53. The Morgan fingerprint density at radius 3 is 2.33 bits per heavy atom. The monoisotopic (exact) mass is 294 g/mol. The van der Waals surface area contributed by atoms with Crippen LogP contribution in [-0.2, 0) is 0 Å². The Kier molecular flexibility index (Phi) is 8.73. The van der Waals surface area contributed by atoms with Crippen molar-refractivity contribution in [3.8, 4) is 0 Å². The van der Waals surface area contributed by atoms with Crippen molar-refractivity contribution in [1.82, 2.24) is 10.2 Å². The van der Waals surface area contributed by atoms with Gasteiger partial charge >= 0.3 is 0 Å². The number of nitrogens with one attached hydrogen (secondary N) is 1. The minimum atomic E-state index is 0.805. The Hall–Kier alpha value is -0.0800. The molecule has 0 aromatic carbocycles. The number of nitrogens with zero attached hydrogens (tertiary/aromatic N) is 1. The number of hydrogen-bond donors (Lipinski definition) is 1. The lowest BCUT2D eigenvalue weighted by molar-refractivity contribution is 0.117. The molecule has 2 heterocycles. The van der Waals surface area contributed by atoms with Crippen molar-refractivity contribution in [2.75, 3.05) is 19.6 Å². The normalized spacial score (nSPS) is 27.3. The Balaban J connectivity index is 1.55. The zero-order valence-electron chi connectivity index (χ0n) is 14.4. The van der Waals surface area contributed by atoms with Gasteiger partial charge in [-0.2, -0.15) is 0 Å². The van der Waals surface area contributed by atoms with Crippen molar-refractivity contribution in [1.29, 1.82) is 0 Å². The highest BCUT2D eigenvalue weighted by molar-refractivity contribution is 4.90. The van der Waals surface area contributed by atoms with E-state index in [-0.39, 0.29) is 0 Å². The first-order chi connectivity index (χ1) is 10.4. The fourth-order valence-corrected chi connectivity index (χ4v) is 4.24. The summed E-state index contributed by atoms with van der Waals surface area (Å²) in [5.41, 5.74) is 0. The standard InChI is InChI=1S/C19H38N2/c1-2-3-4-5-6-7-8-10-16-21-17-11-9-14-19(21)18-13-12-15-20-18/h18-20H,2-17H2,1H3. The largest absolute Gasteiger partial charge is 0.312 e. The summed E-state index contributed by atoms with van der Waals surface area (Å²) in [4.78, 5) is 2.82. The lowest BCUT2D eigenvalue weighted by Crippen LogP contribution is -2.50. The van der Waals surface area contributed by atoms with E-state index in [9.17, 15) is 0 Å². The SMILES string of the molecule is CCCCCCCCCCN1CCCCC1C1CCCN1. The van der Waals surface area contributed by atoms with Gasteiger partial charge in [-0.1, -0.05) is 58.3 Å². The van der Waals surface area contributed by atoms with Gasteiger partial charge in [-0.05, 0) is 51.7 Å². The molecule has 21 heavy (non-hydrogen) atoms. The van der Waals surface area contributed by atoms with E-state index in [0.29, 0.717) is 0 Å². The van der Waals surface area contributed by atoms with Crippen LogP contribution in [0.25, 0.3) is 0 Å². The van der Waals surface area contributed by atoms with Gasteiger partial charge < -0.3 is 5.32 Å². The third-order valence-corrected chi connectivity index (χ3v) is 5.53. The number of piperidine rings is 1. The number of unbranched alkanes of at least 4 members (excludes halogenated alkanes) is 7. The van der Waals surface area contributed by atoms with Crippen molar-refractivity contribution in [3.05, 3.63) is 0 Å². The molecule has 2 aliphatic rings. The maximum Gasteiger partial charge on any atom is 0.0249 e. The second-order valence-corrected chi connectivity index (χ2v) is 7.28. The summed E-state index contributed by atoms with van der Waals surface area (Å²) >= 11 is 0. The van der Waals surface area contributed by atoms with E-state index < -0.39 is 0 Å². The lowest BCUT2D eigenvalue weighted by atomic mass is 9.94. The molecule has 2 heteroatoms. The first kappa shape index (κ1) is 17.3. The highest BCUT2D eigenvalue weighted by atomic mass is 15.2. The molecule has 1 N–H and O–H groups in total. The van der Waals surface area contributed by atoms with Gasteiger partial charge in [0.2, 0.25) is 0 Å². The van der Waals surface area contributed by atoms with Crippen LogP contribution < -0.4 is 5.32 Å². The minimum Gasteiger partial charge on any atom is -0.312 e. The van der Waals surface area contributed by atoms with E-state index in [1.54, 1.807) is 0 Å². The molecule has 0 amide bonds. The van der Waals surface area contributed by atoms with Crippen LogP contribution in [0.3, 0.4) is 0 Å². The van der Waals surface area contributed by atoms with Gasteiger partial charge in [-0.25, -0.2) is 0 Å². The molecule has 2 nitrogen and oxygen atoms in total. The van der Waals surface area contributed by atoms with E-state index in [1.165, 1.54) is 103 Å². The van der Waals surface area contributed by atoms with Crippen LogP contribution in [0.4, 0.5) is 0 Å². The fourth-order valence-electron chi connectivity index (χ4n) is 4.24. The Bertz CT molecular complexity index is 248. The van der Waals surface area contributed by atoms with Gasteiger partial charge in [0.05, 0.1) is 0 Å². The number of hydrogen-bond acceptors (Lipinski definition) is 2. The Morgan fingerprint density at radius 1 is 0.857 bits per heavy atom. The molecule has 2 rings (SSSR count). The quantitative estimate of drug-likeness (QED) is 0.586. The molecule has 0 saturated carbocycles. The molecular formula is C19H38N2. The number of rotatable bonds is 10. The van der Waals surface area contributed by atoms with E-state index in [2.05, 4.69) is 17.1 Å². The van der Waals surface area contributed by atoms with Gasteiger partial charge in [-0.15, -0.1) is 0 Å². The average molecular weight is 295 g/mol. The van der Waals surface area contributed by atoms with Gasteiger partial charge in [0.15, 0.2) is 0 Å². The van der Waals surface area contributed by atoms with E-state index in [4.69, 9.17) is 0 Å². The van der Waals surface area contributed by atoms with E-state index in [1.807, 2.05) is 0 Å². The highest BCUT2D eigenvalue weighted by Crippen LogP contribution is 2.24. The molecule has 2 atom stereocenters. The molecule has 2 fully saturated rings. The van der Waals surface area contributed by atoms with Crippen molar-refractivity contribution >= 4 is 0 Å². The molecule has 0 bridgehead atoms. The van der Waals surface area contributed by atoms with Gasteiger partial charge in [0.25, 0.3) is 0 Å². The maximum atomic E-state index is 3.74. The van der Waals surface area contributed by atoms with Crippen molar-refractivity contribution in [2.24, 2.45) is 0 Å². The van der Waals surface area contributed by atoms with Crippen LogP contribution in [0.2, 0.25) is 0 Å². The second kappa shape index (κ2) is 10.6. The average Bonchev–Trinajstić information content (AvgIpc) is 3.04. The second-order valence-electron chi connectivity index (χ2n) is 7.28. The van der Waals surface area contributed by atoms with Gasteiger partial charge in [0.1, 0.15) is 0 Å². The summed E-state index contributed by atoms with van der Waals surface area (Å²) in [6.45, 7) is 6.28. The van der Waals surface area contributed by atoms with Crippen molar-refractivity contribution < 1.29 is 0 Å². The molecule has 124 valence electrons. The molecule has 0 radical (unpaired) electrons. The molecule has 0 aromatic heterocycles. The summed E-state index contributed by atoms with van der Waals surface area (Å²) in [5, 5.41) is 3.74. The zero-order valence-corrected chi connectivity index (χ0v) is 14.4. The summed E-state index contributed by atoms with van der Waals surface area (Å²) in [5.74, 6) is 0. The summed E-state index contributed by atoms with van der Waals surface area (Å²) < 4.78 is 0. The van der Waals surface area contributed by atoms with Gasteiger partial charge in [0, 0.05) is 12.1 Å². The highest BCUT2D eigenvalue weighted by Gasteiger charge is 2.30. The molecule has 2 unspecified atom stereocenters. The summed E-state index contributed by atoms with van der Waals surface area (Å²) in [6.07, 6.45) is 18.7. The topological polar surface area (TPSA) is 15.3 Å². The Labute approximate surface area is 133 Å². The van der Waals surface area contributed by atoms with Crippen LogP contribution in [0.15, 0.2) is 0 Å². The Morgan fingerprint density at radius 2 is 1.62 bits per heavy atom. The van der Waals surface area contributed by atoms with Crippen LogP contribution in [-0.4, -0.2) is 36.6 Å². The molecule has 2 saturated heterocycles. The van der Waals surface area contributed by atoms with Crippen molar-refractivity contribution in [2.45, 2.75) is 102 Å². The predicted octanol–water partition coefficient (Wildman–Crippen LogP) is 4.73. The lowest BCUT2D eigenvalue weighted by Gasteiger charge is -2.39. The van der Waals surface area contributed by atoms with Crippen LogP contribution in [0.5, 0.6) is 0 Å². The van der Waals surface area contributed by atoms with Gasteiger partial charge in [-0.3, -0.25) is 4.90 Å². The third kappa shape index (κ3) is 6.28. The molecule has 0 aromatic rings. The summed E-state index contributed by atoms with van der Waals surface area (Å²) in [6, 6.07) is 1.66. The van der Waals surface area contributed by atoms with Crippen LogP contribution in [0, 0.1) is 0 Å². The smallest absolute Gasteiger partial charge is 0.0249 e. The van der Waals surface area contributed by atoms with Crippen molar-refractivity contribution in [3.63, 3.8) is 0 Å². The first-order valence-corrected chi connectivity index (χ1v) is 9.89. The molecule has 0 spiro atoms. The van der Waals surface area contributed by atoms with E-state index >= 15 is 0 Å². The zero-order chi connectivity index (χ0) is 14.8.